The summed E-state index contributed by atoms with van der Waals surface area (Å²) in [4.78, 5) is 9.24. The van der Waals surface area contributed by atoms with Crippen molar-refractivity contribution in [1.82, 2.24) is 25.0 Å². The van der Waals surface area contributed by atoms with E-state index < -0.39 is 0 Å². The van der Waals surface area contributed by atoms with Crippen LogP contribution < -0.4 is 4.74 Å². The van der Waals surface area contributed by atoms with Crippen molar-refractivity contribution in [3.8, 4) is 11.7 Å². The van der Waals surface area contributed by atoms with Crippen LogP contribution >= 0.6 is 0 Å². The molecule has 13 heavy (non-hydrogen) atoms. The summed E-state index contributed by atoms with van der Waals surface area (Å²) in [5, 5.41) is 7.84. The van der Waals surface area contributed by atoms with Crippen molar-refractivity contribution in [2.45, 2.75) is 0 Å². The lowest BCUT2D eigenvalue weighted by molar-refractivity contribution is 0.396. The predicted molar refractivity (Wildman–Crippen MR) is 43.5 cm³/mol. The number of hydrogen-bond acceptors (Lipinski definition) is 5. The van der Waals surface area contributed by atoms with Gasteiger partial charge in [0.05, 0.1) is 19.5 Å². The number of rotatable bonds is 2. The van der Waals surface area contributed by atoms with Crippen LogP contribution in [0.25, 0.3) is 5.82 Å². The molecule has 0 saturated heterocycles. The van der Waals surface area contributed by atoms with Gasteiger partial charge in [0.15, 0.2) is 5.82 Å². The summed E-state index contributed by atoms with van der Waals surface area (Å²) in [6.45, 7) is 0. The summed E-state index contributed by atoms with van der Waals surface area (Å²) in [5.41, 5.74) is 0. The average Bonchev–Trinajstić information content (AvgIpc) is 2.71. The zero-order valence-corrected chi connectivity index (χ0v) is 6.95. The molecule has 0 spiro atoms. The summed E-state index contributed by atoms with van der Waals surface area (Å²) in [6.07, 6.45) is 4.56. The van der Waals surface area contributed by atoms with E-state index >= 15 is 0 Å². The summed E-state index contributed by atoms with van der Waals surface area (Å²) in [6, 6.07) is 1.65. The van der Waals surface area contributed by atoms with E-state index in [4.69, 9.17) is 4.74 Å². The molecule has 0 aliphatic rings. The minimum absolute atomic E-state index is 0.488. The molecule has 0 aliphatic heterocycles. The van der Waals surface area contributed by atoms with Crippen molar-refractivity contribution in [2.24, 2.45) is 0 Å². The molecule has 0 atom stereocenters. The first-order valence-electron chi connectivity index (χ1n) is 3.63. The average molecular weight is 177 g/mol. The molecular weight excluding hydrogens is 170 g/mol. The van der Waals surface area contributed by atoms with Crippen LogP contribution in [0.1, 0.15) is 0 Å². The molecular formula is C7H7N5O. The summed E-state index contributed by atoms with van der Waals surface area (Å²) in [7, 11) is 1.54. The van der Waals surface area contributed by atoms with Gasteiger partial charge in [-0.2, -0.15) is 10.2 Å². The molecule has 6 nitrogen and oxygen atoms in total. The topological polar surface area (TPSA) is 65.7 Å². The molecule has 0 radical (unpaired) electrons. The van der Waals surface area contributed by atoms with Crippen LogP contribution in [0, 0.1) is 0 Å². The Kier molecular flexibility index (Phi) is 1.87. The first-order chi connectivity index (χ1) is 6.40. The third-order valence-electron chi connectivity index (χ3n) is 1.46. The largest absolute Gasteiger partial charge is 0.481 e. The molecule has 0 aliphatic carbocycles. The van der Waals surface area contributed by atoms with Crippen molar-refractivity contribution in [3.63, 3.8) is 0 Å². The lowest BCUT2D eigenvalue weighted by atomic mass is 10.6. The minimum Gasteiger partial charge on any atom is -0.481 e. The highest BCUT2D eigenvalue weighted by Gasteiger charge is 2.00. The molecule has 0 saturated carbocycles. The molecule has 2 rings (SSSR count). The van der Waals surface area contributed by atoms with Gasteiger partial charge in [-0.15, -0.1) is 4.80 Å². The highest BCUT2D eigenvalue weighted by molar-refractivity contribution is 5.23. The zero-order chi connectivity index (χ0) is 9.10. The number of nitrogens with zero attached hydrogens (tertiary/aromatic N) is 5. The summed E-state index contributed by atoms with van der Waals surface area (Å²) < 4.78 is 4.93. The maximum absolute atomic E-state index is 4.93. The van der Waals surface area contributed by atoms with Crippen LogP contribution in [0.3, 0.4) is 0 Å². The lowest BCUT2D eigenvalue weighted by Gasteiger charge is -1.99. The van der Waals surface area contributed by atoms with E-state index in [9.17, 15) is 0 Å². The highest BCUT2D eigenvalue weighted by Crippen LogP contribution is 2.07. The third kappa shape index (κ3) is 1.46. The van der Waals surface area contributed by atoms with Gasteiger partial charge in [0.1, 0.15) is 6.33 Å². The van der Waals surface area contributed by atoms with Gasteiger partial charge in [-0.05, 0) is 0 Å². The Morgan fingerprint density at radius 1 is 1.23 bits per heavy atom. The minimum atomic E-state index is 0.488. The SMILES string of the molecule is COc1cc(-n2nccn2)ncn1. The smallest absolute Gasteiger partial charge is 0.218 e. The maximum Gasteiger partial charge on any atom is 0.218 e. The number of ether oxygens (including phenoxy) is 1. The van der Waals surface area contributed by atoms with Crippen LogP contribution in [0.4, 0.5) is 0 Å². The molecule has 0 N–H and O–H groups in total. The zero-order valence-electron chi connectivity index (χ0n) is 6.95. The van der Waals surface area contributed by atoms with E-state index in [2.05, 4.69) is 20.2 Å². The first kappa shape index (κ1) is 7.66. The maximum atomic E-state index is 4.93. The number of hydrogen-bond donors (Lipinski definition) is 0. The fraction of sp³-hybridized carbons (Fsp3) is 0.143. The van der Waals surface area contributed by atoms with Crippen molar-refractivity contribution in [2.75, 3.05) is 7.11 Å². The molecule has 2 heterocycles. The third-order valence-corrected chi connectivity index (χ3v) is 1.46. The lowest BCUT2D eigenvalue weighted by Crippen LogP contribution is -2.02. The van der Waals surface area contributed by atoms with Crippen molar-refractivity contribution in [1.29, 1.82) is 0 Å². The van der Waals surface area contributed by atoms with Gasteiger partial charge in [0, 0.05) is 6.07 Å². The van der Waals surface area contributed by atoms with Crippen LogP contribution in [-0.4, -0.2) is 32.1 Å². The van der Waals surface area contributed by atoms with Gasteiger partial charge in [0.2, 0.25) is 5.88 Å². The van der Waals surface area contributed by atoms with Crippen LogP contribution in [0.15, 0.2) is 24.8 Å². The van der Waals surface area contributed by atoms with E-state index in [1.54, 1.807) is 25.6 Å². The van der Waals surface area contributed by atoms with Crippen LogP contribution in [-0.2, 0) is 0 Å². The van der Waals surface area contributed by atoms with Crippen LogP contribution in [0.5, 0.6) is 5.88 Å². The highest BCUT2D eigenvalue weighted by atomic mass is 16.5. The second kappa shape index (κ2) is 3.18. The van der Waals surface area contributed by atoms with E-state index in [1.165, 1.54) is 11.1 Å². The standard InChI is InChI=1S/C7H7N5O/c1-13-7-4-6(8-5-9-7)12-10-2-3-11-12/h2-5H,1H3. The molecule has 0 aromatic carbocycles. The Balaban J connectivity index is 2.41. The van der Waals surface area contributed by atoms with E-state index in [0.29, 0.717) is 11.7 Å². The van der Waals surface area contributed by atoms with E-state index in [-0.39, 0.29) is 0 Å². The van der Waals surface area contributed by atoms with Crippen LogP contribution in [0.2, 0.25) is 0 Å². The second-order valence-electron chi connectivity index (χ2n) is 2.24. The molecule has 0 amide bonds. The summed E-state index contributed by atoms with van der Waals surface area (Å²) in [5.74, 6) is 1.07. The molecule has 2 aromatic heterocycles. The number of methoxy groups -OCH3 is 1. The normalized spacial score (nSPS) is 9.92. The van der Waals surface area contributed by atoms with Gasteiger partial charge in [-0.3, -0.25) is 0 Å². The van der Waals surface area contributed by atoms with E-state index in [1.807, 2.05) is 0 Å². The molecule has 2 aromatic rings. The predicted octanol–water partition coefficient (Wildman–Crippen LogP) is 0.0659. The van der Waals surface area contributed by atoms with E-state index in [0.717, 1.165) is 0 Å². The first-order valence-corrected chi connectivity index (χ1v) is 3.63. The Morgan fingerprint density at radius 3 is 2.69 bits per heavy atom. The Bertz CT molecular complexity index is 386. The number of aromatic nitrogens is 5. The molecule has 66 valence electrons. The Hall–Kier alpha value is -1.98. The molecule has 0 bridgehead atoms. The van der Waals surface area contributed by atoms with Crippen molar-refractivity contribution in [3.05, 3.63) is 24.8 Å². The Labute approximate surface area is 74.2 Å². The second-order valence-corrected chi connectivity index (χ2v) is 2.24. The van der Waals surface area contributed by atoms with Gasteiger partial charge >= 0.3 is 0 Å². The molecule has 0 fully saturated rings. The Morgan fingerprint density at radius 2 is 2.00 bits per heavy atom. The van der Waals surface area contributed by atoms with Gasteiger partial charge in [0.25, 0.3) is 0 Å². The summed E-state index contributed by atoms with van der Waals surface area (Å²) >= 11 is 0. The fourth-order valence-corrected chi connectivity index (χ4v) is 0.885. The van der Waals surface area contributed by atoms with Crippen molar-refractivity contribution < 1.29 is 4.74 Å². The van der Waals surface area contributed by atoms with Gasteiger partial charge < -0.3 is 4.74 Å². The van der Waals surface area contributed by atoms with Gasteiger partial charge in [-0.25, -0.2) is 9.97 Å². The quantitative estimate of drug-likeness (QED) is 0.649. The fourth-order valence-electron chi connectivity index (χ4n) is 0.885. The van der Waals surface area contributed by atoms with Gasteiger partial charge in [-0.1, -0.05) is 0 Å². The molecule has 0 unspecified atom stereocenters. The van der Waals surface area contributed by atoms with Crippen molar-refractivity contribution >= 4 is 0 Å². The monoisotopic (exact) mass is 177 g/mol. The molecule has 6 heteroatoms.